The molecule has 1 amide bonds. The minimum atomic E-state index is -1.29. The van der Waals surface area contributed by atoms with Gasteiger partial charge in [0, 0.05) is 12.8 Å². The maximum absolute atomic E-state index is 13.4. The number of rotatable bonds is 10. The minimum Gasteiger partial charge on any atom is -0.496 e. The van der Waals surface area contributed by atoms with Crippen LogP contribution in [-0.2, 0) is 31.9 Å². The van der Waals surface area contributed by atoms with Gasteiger partial charge in [-0.15, -0.1) is 0 Å². The van der Waals surface area contributed by atoms with Gasteiger partial charge in [-0.3, -0.25) is 4.79 Å². The van der Waals surface area contributed by atoms with Crippen molar-refractivity contribution in [2.75, 3.05) is 7.11 Å². The normalized spacial score (nSPS) is 13.3. The Hall–Kier alpha value is -3.59. The summed E-state index contributed by atoms with van der Waals surface area (Å²) < 4.78 is 16.6. The van der Waals surface area contributed by atoms with Crippen LogP contribution in [0.1, 0.15) is 52.7 Å². The molecule has 2 N–H and O–H groups in total. The molecular weight excluding hydrogens is 476 g/mol. The molecule has 0 aliphatic rings. The first-order valence-electron chi connectivity index (χ1n) is 12.1. The fourth-order valence-corrected chi connectivity index (χ4v) is 3.52. The molecule has 0 aliphatic carbocycles. The number of para-hydroxylation sites is 1. The summed E-state index contributed by atoms with van der Waals surface area (Å²) in [6.07, 6.45) is -0.848. The van der Waals surface area contributed by atoms with Crippen LogP contribution in [0.25, 0.3) is 0 Å². The van der Waals surface area contributed by atoms with Crippen LogP contribution in [0.15, 0.2) is 54.6 Å². The van der Waals surface area contributed by atoms with Crippen LogP contribution in [0, 0.1) is 0 Å². The van der Waals surface area contributed by atoms with Crippen LogP contribution in [-0.4, -0.2) is 58.5 Å². The van der Waals surface area contributed by atoms with Gasteiger partial charge in [-0.1, -0.05) is 48.5 Å². The fourth-order valence-electron chi connectivity index (χ4n) is 3.52. The Morgan fingerprint density at radius 3 is 1.97 bits per heavy atom. The number of hydrogen-bond donors (Lipinski definition) is 2. The molecule has 202 valence electrons. The van der Waals surface area contributed by atoms with Crippen LogP contribution >= 0.6 is 0 Å². The lowest BCUT2D eigenvalue weighted by molar-refractivity contribution is -0.164. The molecule has 0 saturated carbocycles. The molecular formula is C28H38N2O7. The van der Waals surface area contributed by atoms with Crippen LogP contribution < -0.4 is 10.2 Å². The number of esters is 1. The first-order chi connectivity index (χ1) is 17.2. The number of ether oxygens (including phenoxy) is 3. The smallest absolute Gasteiger partial charge is 0.425 e. The summed E-state index contributed by atoms with van der Waals surface area (Å²) in [4.78, 5) is 39.1. The number of carboxylic acid groups (broad SMARTS) is 1. The second-order valence-corrected chi connectivity index (χ2v) is 10.6. The number of carbonyl (C=O) groups is 3. The summed E-state index contributed by atoms with van der Waals surface area (Å²) in [5, 5.41) is 11.0. The van der Waals surface area contributed by atoms with E-state index in [-0.39, 0.29) is 12.8 Å². The number of nitrogens with zero attached hydrogens (tertiary/aromatic N) is 1. The number of carbonyl (C=O) groups excluding carboxylic acids is 2. The number of benzene rings is 2. The highest BCUT2D eigenvalue weighted by molar-refractivity contribution is 5.82. The number of nitrogens with one attached hydrogen (secondary N) is 1. The standard InChI is InChI=1S/C28H38N2O7/c1-27(2,3)36-25(33)22(17-19-13-9-8-10-14-19)30(26(34)37-28(4,5)6)29-21(24(31)32)18-20-15-11-12-16-23(20)35-7/h8-16,21-22,29H,17-18H2,1-7H3,(H,31,32)/t21-,22-/m0/s1. The average Bonchev–Trinajstić information content (AvgIpc) is 2.79. The van der Waals surface area contributed by atoms with Gasteiger partial charge in [0.15, 0.2) is 6.04 Å². The molecule has 2 atom stereocenters. The topological polar surface area (TPSA) is 114 Å². The summed E-state index contributed by atoms with van der Waals surface area (Å²) in [7, 11) is 1.49. The van der Waals surface area contributed by atoms with Crippen molar-refractivity contribution in [3.63, 3.8) is 0 Å². The highest BCUT2D eigenvalue weighted by atomic mass is 16.6. The molecule has 2 aromatic rings. The molecule has 37 heavy (non-hydrogen) atoms. The third kappa shape index (κ3) is 9.76. The highest BCUT2D eigenvalue weighted by Crippen LogP contribution is 2.21. The Morgan fingerprint density at radius 1 is 0.865 bits per heavy atom. The van der Waals surface area contributed by atoms with Crippen molar-refractivity contribution in [1.82, 2.24) is 10.4 Å². The van der Waals surface area contributed by atoms with Gasteiger partial charge in [-0.2, -0.15) is 0 Å². The number of methoxy groups -OCH3 is 1. The number of hydrazine groups is 1. The van der Waals surface area contributed by atoms with E-state index in [1.54, 1.807) is 65.8 Å². The lowest BCUT2D eigenvalue weighted by Crippen LogP contribution is -2.60. The maximum Gasteiger partial charge on any atom is 0.425 e. The Kier molecular flexibility index (Phi) is 10.1. The SMILES string of the molecule is COc1ccccc1C[C@H](NN(C(=O)OC(C)(C)C)[C@@H](Cc1ccccc1)C(=O)OC(C)(C)C)C(=O)O. The van der Waals surface area contributed by atoms with E-state index in [2.05, 4.69) is 5.43 Å². The lowest BCUT2D eigenvalue weighted by atomic mass is 10.0. The number of aliphatic carboxylic acids is 1. The van der Waals surface area contributed by atoms with Crippen LogP contribution in [0.5, 0.6) is 5.75 Å². The average molecular weight is 515 g/mol. The van der Waals surface area contributed by atoms with Gasteiger partial charge in [-0.25, -0.2) is 20.0 Å². The highest BCUT2D eigenvalue weighted by Gasteiger charge is 2.38. The molecule has 2 aromatic carbocycles. The van der Waals surface area contributed by atoms with Crippen molar-refractivity contribution in [3.05, 3.63) is 65.7 Å². The van der Waals surface area contributed by atoms with Crippen LogP contribution in [0.4, 0.5) is 4.79 Å². The van der Waals surface area contributed by atoms with E-state index >= 15 is 0 Å². The molecule has 0 fully saturated rings. The van der Waals surface area contributed by atoms with E-state index in [1.807, 2.05) is 30.3 Å². The van der Waals surface area contributed by atoms with E-state index in [0.717, 1.165) is 10.6 Å². The summed E-state index contributed by atoms with van der Waals surface area (Å²) in [6.45, 7) is 10.2. The molecule has 2 rings (SSSR count). The zero-order valence-electron chi connectivity index (χ0n) is 22.6. The second-order valence-electron chi connectivity index (χ2n) is 10.6. The van der Waals surface area contributed by atoms with E-state index in [9.17, 15) is 19.5 Å². The van der Waals surface area contributed by atoms with Crippen LogP contribution in [0.3, 0.4) is 0 Å². The predicted octanol–water partition coefficient (Wildman–Crippen LogP) is 4.39. The zero-order valence-corrected chi connectivity index (χ0v) is 22.6. The third-order valence-electron chi connectivity index (χ3n) is 5.06. The van der Waals surface area contributed by atoms with Crippen molar-refractivity contribution in [3.8, 4) is 5.75 Å². The predicted molar refractivity (Wildman–Crippen MR) is 139 cm³/mol. The zero-order chi connectivity index (χ0) is 27.8. The van der Waals surface area contributed by atoms with Gasteiger partial charge in [0.25, 0.3) is 0 Å². The van der Waals surface area contributed by atoms with E-state index < -0.39 is 41.3 Å². The van der Waals surface area contributed by atoms with Gasteiger partial charge < -0.3 is 19.3 Å². The molecule has 0 saturated heterocycles. The Bertz CT molecular complexity index is 1060. The summed E-state index contributed by atoms with van der Waals surface area (Å²) in [5.74, 6) is -1.41. The quantitative estimate of drug-likeness (QED) is 0.355. The first kappa shape index (κ1) is 29.6. The van der Waals surface area contributed by atoms with E-state index in [4.69, 9.17) is 14.2 Å². The van der Waals surface area contributed by atoms with Gasteiger partial charge >= 0.3 is 18.0 Å². The van der Waals surface area contributed by atoms with Gasteiger partial charge in [0.2, 0.25) is 0 Å². The largest absolute Gasteiger partial charge is 0.496 e. The Balaban J connectivity index is 2.52. The van der Waals surface area contributed by atoms with E-state index in [0.29, 0.717) is 11.3 Å². The van der Waals surface area contributed by atoms with Gasteiger partial charge in [-0.05, 0) is 58.7 Å². The molecule has 0 aliphatic heterocycles. The third-order valence-corrected chi connectivity index (χ3v) is 5.06. The molecule has 0 spiro atoms. The van der Waals surface area contributed by atoms with Gasteiger partial charge in [0.05, 0.1) is 7.11 Å². The van der Waals surface area contributed by atoms with Crippen molar-refractivity contribution in [2.24, 2.45) is 0 Å². The molecule has 0 unspecified atom stereocenters. The first-order valence-corrected chi connectivity index (χ1v) is 12.1. The number of hydrogen-bond acceptors (Lipinski definition) is 7. The summed E-state index contributed by atoms with van der Waals surface area (Å²) in [5.41, 5.74) is 2.40. The van der Waals surface area contributed by atoms with Crippen molar-refractivity contribution >= 4 is 18.0 Å². The maximum atomic E-state index is 13.4. The van der Waals surface area contributed by atoms with Crippen molar-refractivity contribution < 1.29 is 33.7 Å². The lowest BCUT2D eigenvalue weighted by Gasteiger charge is -2.35. The Labute approximate surface area is 218 Å². The molecule has 0 bridgehead atoms. The van der Waals surface area contributed by atoms with Crippen molar-refractivity contribution in [1.29, 1.82) is 0 Å². The second kappa shape index (κ2) is 12.6. The molecule has 9 heteroatoms. The molecule has 0 radical (unpaired) electrons. The minimum absolute atomic E-state index is 0.0228. The monoisotopic (exact) mass is 514 g/mol. The van der Waals surface area contributed by atoms with Gasteiger partial charge in [0.1, 0.15) is 23.0 Å². The summed E-state index contributed by atoms with van der Waals surface area (Å²) >= 11 is 0. The van der Waals surface area contributed by atoms with Crippen molar-refractivity contribution in [2.45, 2.75) is 77.7 Å². The molecule has 0 aromatic heterocycles. The Morgan fingerprint density at radius 2 is 1.43 bits per heavy atom. The molecule has 0 heterocycles. The fraction of sp³-hybridized carbons (Fsp3) is 0.464. The number of amides is 1. The molecule has 9 nitrogen and oxygen atoms in total. The summed E-state index contributed by atoms with van der Waals surface area (Å²) in [6, 6.07) is 13.6. The number of carboxylic acids is 1. The van der Waals surface area contributed by atoms with E-state index in [1.165, 1.54) is 7.11 Å². The van der Waals surface area contributed by atoms with Crippen LogP contribution in [0.2, 0.25) is 0 Å².